The van der Waals surface area contributed by atoms with Crippen molar-refractivity contribution in [3.8, 4) is 80.7 Å². The molecule has 5 aromatic rings. The Morgan fingerprint density at radius 2 is 0.580 bits per heavy atom. The van der Waals surface area contributed by atoms with Crippen LogP contribution in [-0.2, 0) is 136 Å². The lowest BCUT2D eigenvalue weighted by atomic mass is 9.76. The second-order valence-electron chi connectivity index (χ2n) is 31.5. The molecule has 3 aromatic carbocycles. The molecule has 0 radical (unpaired) electrons. The molecule has 2 aliphatic carbocycles. The summed E-state index contributed by atoms with van der Waals surface area (Å²) in [4.78, 5) is 53.3. The van der Waals surface area contributed by atoms with Gasteiger partial charge < -0.3 is 173 Å². The molecule has 2 saturated heterocycles. The first-order chi connectivity index (χ1) is 67.1. The number of hydrogen-bond acceptors (Lipinski definition) is 44. The van der Waals surface area contributed by atoms with Crippen molar-refractivity contribution in [3.63, 3.8) is 0 Å². The van der Waals surface area contributed by atoms with Crippen molar-refractivity contribution >= 4 is 23.9 Å². The molecule has 2 aromatic heterocycles. The van der Waals surface area contributed by atoms with Crippen molar-refractivity contribution < 1.29 is 193 Å². The van der Waals surface area contributed by atoms with Crippen LogP contribution in [0.1, 0.15) is 47.9 Å². The number of ether oxygens (including phenoxy) is 28. The average molecular weight is 1960 g/mol. The number of esters is 4. The van der Waals surface area contributed by atoms with Gasteiger partial charge in [0.15, 0.2) is 12.6 Å². The lowest BCUT2D eigenvalue weighted by molar-refractivity contribution is -0.322. The molecule has 4 fully saturated rings. The molecule has 0 amide bonds. The standard InChI is InChI=1S/C92H132N6O40/c1-111-19-25-121-31-37-129-69-43-58(12-14-60-46-74(134-42-36-126-30-24-116-6)66(52-72(60)132-40-34-124-28-22-114-4)68-54-98(96-94-68)16-18-128-76-48-62(88(108)118-8)64(90(110)120-10)50-78(76)136-92-86(106)84(104)82(102)80(56-100)138-92)70(130-38-32-122-26-20-112-2)44-57(69)11-13-59-45-73(133-41-35-125-29-23-115-5)65(51-71(59)131-39-33-123-27-21-113-3)67-53-97(95-93-67)15-17-127-75-47-61(87(107)117-7)63(89(109)119-9)49-77(75)135-91-85(105)83(103)81(101)79(55-99)137-91/h43-46,51-54,61-64,75-86,91-92,99-106H,15-42,47-50,55-56H2,1-10H3/t61-,62-,63-,64-,75-,76-,77-,78-,79+,80+,81+,82+,83-,84-,85-,86-,91-,92-/m0/s1. The van der Waals surface area contributed by atoms with E-state index in [1.54, 1.807) is 91.5 Å². The summed E-state index contributed by atoms with van der Waals surface area (Å²) in [5.41, 5.74) is 2.61. The third kappa shape index (κ3) is 34.0. The third-order valence-electron chi connectivity index (χ3n) is 22.4. The van der Waals surface area contributed by atoms with Crippen LogP contribution in [0, 0.1) is 47.4 Å². The highest BCUT2D eigenvalue weighted by Gasteiger charge is 2.53. The van der Waals surface area contributed by atoms with Crippen molar-refractivity contribution in [1.82, 2.24) is 30.0 Å². The van der Waals surface area contributed by atoms with Crippen LogP contribution < -0.4 is 28.4 Å². The maximum absolute atomic E-state index is 13.3. The summed E-state index contributed by atoms with van der Waals surface area (Å²) in [5, 5.41) is 103. The first-order valence-corrected chi connectivity index (χ1v) is 45.2. The molecule has 2 aliphatic heterocycles. The molecule has 770 valence electrons. The normalized spacial score (nSPS) is 23.6. The smallest absolute Gasteiger partial charge is 0.309 e. The van der Waals surface area contributed by atoms with Gasteiger partial charge in [0.1, 0.15) is 134 Å². The molecule has 4 heterocycles. The van der Waals surface area contributed by atoms with Crippen LogP contribution in [0.3, 0.4) is 0 Å². The van der Waals surface area contributed by atoms with Crippen molar-refractivity contribution in [2.45, 2.75) is 125 Å². The van der Waals surface area contributed by atoms with Crippen LogP contribution >= 0.6 is 0 Å². The highest BCUT2D eigenvalue weighted by atomic mass is 16.7. The van der Waals surface area contributed by atoms with Gasteiger partial charge in [0.05, 0.1) is 270 Å². The Bertz CT molecular complexity index is 4280. The molecular formula is C92H132N6O40. The van der Waals surface area contributed by atoms with Gasteiger partial charge in [-0.1, -0.05) is 34.1 Å². The van der Waals surface area contributed by atoms with Gasteiger partial charge in [0.2, 0.25) is 0 Å². The maximum Gasteiger partial charge on any atom is 0.309 e. The number of carbonyl (C=O) groups excluding carboxylic acids is 4. The van der Waals surface area contributed by atoms with E-state index in [0.717, 1.165) is 14.2 Å². The van der Waals surface area contributed by atoms with Crippen LogP contribution in [0.5, 0.6) is 34.5 Å². The quantitative estimate of drug-likeness (QED) is 0.0102. The van der Waals surface area contributed by atoms with E-state index in [2.05, 4.69) is 44.3 Å². The number of aromatic nitrogens is 6. The molecule has 0 spiro atoms. The van der Waals surface area contributed by atoms with E-state index in [4.69, 9.17) is 133 Å². The van der Waals surface area contributed by atoms with E-state index >= 15 is 0 Å². The van der Waals surface area contributed by atoms with Crippen molar-refractivity contribution in [2.75, 3.05) is 256 Å². The summed E-state index contributed by atoms with van der Waals surface area (Å²) in [6, 6.07) is 10.1. The lowest BCUT2D eigenvalue weighted by Crippen LogP contribution is -2.60. The number of nitrogens with zero attached hydrogens (tertiary/aromatic N) is 6. The average Bonchev–Trinajstić information content (AvgIpc) is 1.26. The zero-order valence-corrected chi connectivity index (χ0v) is 79.4. The SMILES string of the molecule is COCCOCCOc1cc(C#Cc2cc(OCCOCCOC)c(-c3cn(CCO[C@H]4C[C@H](C(=O)OC)[C@@H](C(=O)OC)C[C@@H]4O[C@H]4O[C@H](CO)[C@@H](O)[C@H](O)[C@@H]4O)nn3)cc2OCCOCCOC)c(OCCOCCOC)cc1C#Cc1cc(OCCOCCOC)c(-c2cn(CCO[C@H]3C[C@H](C(=O)OC)[C@@H](C(=O)OC)C[C@@H]3O[C@H]3O[C@H](CO)[C@@H](O)[C@H](O)[C@@H]3O)nn2)cc1OCCOCCOC. The Balaban J connectivity index is 1.10. The lowest BCUT2D eigenvalue weighted by Gasteiger charge is -2.44. The minimum atomic E-state index is -1.81. The fraction of sp³-hybridized carbons (Fsp3) is 0.674. The molecule has 0 bridgehead atoms. The Morgan fingerprint density at radius 1 is 0.326 bits per heavy atom. The minimum absolute atomic E-state index is 0.0107. The van der Waals surface area contributed by atoms with Gasteiger partial charge in [-0.25, -0.2) is 9.36 Å². The number of hydrogen-bond donors (Lipinski definition) is 8. The number of methoxy groups -OCH3 is 10. The van der Waals surface area contributed by atoms with E-state index in [1.807, 2.05) is 0 Å². The van der Waals surface area contributed by atoms with Gasteiger partial charge in [-0.2, -0.15) is 0 Å². The second-order valence-corrected chi connectivity index (χ2v) is 31.5. The van der Waals surface area contributed by atoms with E-state index < -0.39 is 147 Å². The molecule has 0 unspecified atom stereocenters. The predicted octanol–water partition coefficient (Wildman–Crippen LogP) is -0.861. The van der Waals surface area contributed by atoms with Crippen molar-refractivity contribution in [1.29, 1.82) is 0 Å². The Morgan fingerprint density at radius 3 is 0.848 bits per heavy atom. The highest BCUT2D eigenvalue weighted by molar-refractivity contribution is 5.83. The Labute approximate surface area is 799 Å². The number of aliphatic hydroxyl groups excluding tert-OH is 8. The number of rotatable bonds is 62. The van der Waals surface area contributed by atoms with Crippen LogP contribution in [-0.4, -0.2) is 437 Å². The van der Waals surface area contributed by atoms with E-state index in [9.17, 15) is 60.0 Å². The minimum Gasteiger partial charge on any atom is -0.490 e. The number of carbonyl (C=O) groups is 4. The molecule has 46 heteroatoms. The summed E-state index contributed by atoms with van der Waals surface area (Å²) in [5.74, 6) is 7.54. The van der Waals surface area contributed by atoms with Gasteiger partial charge in [-0.05, 0) is 37.8 Å². The van der Waals surface area contributed by atoms with Crippen molar-refractivity contribution in [2.24, 2.45) is 23.7 Å². The van der Waals surface area contributed by atoms with Gasteiger partial charge in [0.25, 0.3) is 0 Å². The summed E-state index contributed by atoms with van der Waals surface area (Å²) >= 11 is 0. The Kier molecular flexibility index (Phi) is 50.0. The van der Waals surface area contributed by atoms with Gasteiger partial charge in [-0.3, -0.25) is 19.2 Å². The molecule has 2 saturated carbocycles. The monoisotopic (exact) mass is 1960 g/mol. The number of benzene rings is 3. The van der Waals surface area contributed by atoms with Crippen LogP contribution in [0.2, 0.25) is 0 Å². The first kappa shape index (κ1) is 112. The maximum atomic E-state index is 13.3. The molecule has 4 aliphatic rings. The van der Waals surface area contributed by atoms with Crippen LogP contribution in [0.15, 0.2) is 48.8 Å². The summed E-state index contributed by atoms with van der Waals surface area (Å²) in [6.45, 7) is 2.66. The molecular weight excluding hydrogens is 1830 g/mol. The zero-order valence-electron chi connectivity index (χ0n) is 79.4. The summed E-state index contributed by atoms with van der Waals surface area (Å²) in [7, 11) is 14.0. The van der Waals surface area contributed by atoms with Crippen molar-refractivity contribution in [3.05, 3.63) is 71.0 Å². The Hall–Kier alpha value is -9.30. The molecule has 8 N–H and O–H groups in total. The summed E-state index contributed by atoms with van der Waals surface area (Å²) < 4.78 is 166. The van der Waals surface area contributed by atoms with Gasteiger partial charge >= 0.3 is 23.9 Å². The van der Waals surface area contributed by atoms with Gasteiger partial charge in [0, 0.05) is 78.1 Å². The molecule has 46 nitrogen and oxygen atoms in total. The molecule has 18 atom stereocenters. The number of aliphatic hydroxyl groups is 8. The third-order valence-corrected chi connectivity index (χ3v) is 22.4. The largest absolute Gasteiger partial charge is 0.490 e. The van der Waals surface area contributed by atoms with Crippen LogP contribution in [0.4, 0.5) is 0 Å². The van der Waals surface area contributed by atoms with E-state index in [-0.39, 0.29) is 205 Å². The van der Waals surface area contributed by atoms with E-state index in [1.165, 1.54) is 23.6 Å². The zero-order chi connectivity index (χ0) is 99.1. The highest BCUT2D eigenvalue weighted by Crippen LogP contribution is 2.43. The fourth-order valence-electron chi connectivity index (χ4n) is 15.1. The second kappa shape index (κ2) is 61.4. The summed E-state index contributed by atoms with van der Waals surface area (Å²) in [6.07, 6.45) is -18.1. The van der Waals surface area contributed by atoms with Gasteiger partial charge in [-0.15, -0.1) is 10.2 Å². The fourth-order valence-corrected chi connectivity index (χ4v) is 15.1. The first-order valence-electron chi connectivity index (χ1n) is 45.2. The molecule has 9 rings (SSSR count). The van der Waals surface area contributed by atoms with Crippen LogP contribution in [0.25, 0.3) is 22.5 Å². The van der Waals surface area contributed by atoms with E-state index in [0.29, 0.717) is 84.4 Å². The topological polar surface area (TPSA) is 550 Å². The predicted molar refractivity (Wildman–Crippen MR) is 476 cm³/mol. The molecule has 138 heavy (non-hydrogen) atoms.